The Bertz CT molecular complexity index is 962. The molecule has 0 aliphatic carbocycles. The number of para-hydroxylation sites is 1. The third-order valence-corrected chi connectivity index (χ3v) is 5.03. The van der Waals surface area contributed by atoms with Crippen LogP contribution in [0.2, 0.25) is 0 Å². The Kier molecular flexibility index (Phi) is 4.36. The second-order valence-corrected chi connectivity index (χ2v) is 6.66. The second-order valence-electron chi connectivity index (χ2n) is 5.63. The third-order valence-electron chi connectivity index (χ3n) is 3.94. The van der Waals surface area contributed by atoms with Crippen LogP contribution in [0.15, 0.2) is 72.8 Å². The first-order valence-electron chi connectivity index (χ1n) is 8.04. The predicted octanol–water partition coefficient (Wildman–Crippen LogP) is 5.55. The van der Waals surface area contributed by atoms with Gasteiger partial charge in [0.05, 0.1) is 17.3 Å². The van der Waals surface area contributed by atoms with E-state index in [0.29, 0.717) is 6.61 Å². The highest BCUT2D eigenvalue weighted by molar-refractivity contribution is 7.21. The number of thiazole rings is 1. The molecule has 4 rings (SSSR count). The molecule has 0 atom stereocenters. The van der Waals surface area contributed by atoms with Crippen molar-refractivity contribution >= 4 is 21.6 Å². The highest BCUT2D eigenvalue weighted by Crippen LogP contribution is 2.36. The number of ether oxygens (including phenoxy) is 2. The van der Waals surface area contributed by atoms with Crippen LogP contribution < -0.4 is 9.47 Å². The van der Waals surface area contributed by atoms with E-state index >= 15 is 0 Å². The summed E-state index contributed by atoms with van der Waals surface area (Å²) in [6.45, 7) is 0.500. The molecule has 0 radical (unpaired) electrons. The Morgan fingerprint density at radius 2 is 1.68 bits per heavy atom. The molecule has 0 bridgehead atoms. The minimum absolute atomic E-state index is 0.500. The monoisotopic (exact) mass is 347 g/mol. The molecule has 0 amide bonds. The van der Waals surface area contributed by atoms with Gasteiger partial charge in [-0.25, -0.2) is 4.98 Å². The lowest BCUT2D eigenvalue weighted by molar-refractivity contribution is 0.284. The quantitative estimate of drug-likeness (QED) is 0.474. The van der Waals surface area contributed by atoms with Gasteiger partial charge in [-0.1, -0.05) is 42.5 Å². The van der Waals surface area contributed by atoms with Gasteiger partial charge in [0.1, 0.15) is 11.6 Å². The SMILES string of the molecule is COc1ccc(-c2nc3ccccc3s2)cc1OCc1ccccc1. The van der Waals surface area contributed by atoms with Crippen molar-refractivity contribution in [1.82, 2.24) is 4.98 Å². The Hall–Kier alpha value is -2.85. The van der Waals surface area contributed by atoms with Crippen molar-refractivity contribution in [3.63, 3.8) is 0 Å². The molecule has 0 saturated carbocycles. The summed E-state index contributed by atoms with van der Waals surface area (Å²) >= 11 is 1.68. The summed E-state index contributed by atoms with van der Waals surface area (Å²) in [4.78, 5) is 4.72. The highest BCUT2D eigenvalue weighted by atomic mass is 32.1. The van der Waals surface area contributed by atoms with E-state index in [4.69, 9.17) is 14.5 Å². The Labute approximate surface area is 150 Å². The zero-order valence-electron chi connectivity index (χ0n) is 13.8. The smallest absolute Gasteiger partial charge is 0.162 e. The summed E-state index contributed by atoms with van der Waals surface area (Å²) in [6, 6.07) is 24.2. The minimum atomic E-state index is 0.500. The van der Waals surface area contributed by atoms with Gasteiger partial charge in [-0.05, 0) is 35.9 Å². The number of aromatic nitrogens is 1. The van der Waals surface area contributed by atoms with Crippen molar-refractivity contribution in [3.8, 4) is 22.1 Å². The van der Waals surface area contributed by atoms with E-state index in [-0.39, 0.29) is 0 Å². The fraction of sp³-hybridized carbons (Fsp3) is 0.0952. The average Bonchev–Trinajstić information content (AvgIpc) is 3.11. The van der Waals surface area contributed by atoms with Gasteiger partial charge in [-0.2, -0.15) is 0 Å². The molecule has 0 aliphatic heterocycles. The van der Waals surface area contributed by atoms with Crippen molar-refractivity contribution in [2.45, 2.75) is 6.61 Å². The van der Waals surface area contributed by atoms with Gasteiger partial charge < -0.3 is 9.47 Å². The molecule has 4 aromatic rings. The van der Waals surface area contributed by atoms with E-state index in [1.807, 2.05) is 66.7 Å². The van der Waals surface area contributed by atoms with E-state index in [0.717, 1.165) is 33.2 Å². The molecule has 3 nitrogen and oxygen atoms in total. The fourth-order valence-corrected chi connectivity index (χ4v) is 3.62. The lowest BCUT2D eigenvalue weighted by Crippen LogP contribution is -1.97. The lowest BCUT2D eigenvalue weighted by atomic mass is 10.2. The topological polar surface area (TPSA) is 31.4 Å². The minimum Gasteiger partial charge on any atom is -0.493 e. The Morgan fingerprint density at radius 1 is 0.880 bits per heavy atom. The number of fused-ring (bicyclic) bond motifs is 1. The number of methoxy groups -OCH3 is 1. The standard InChI is InChI=1S/C21H17NO2S/c1-23-18-12-11-16(21-22-17-9-5-6-10-20(17)25-21)13-19(18)24-14-15-7-3-2-4-8-15/h2-13H,14H2,1H3. The Morgan fingerprint density at radius 3 is 2.48 bits per heavy atom. The van der Waals surface area contributed by atoms with Crippen LogP contribution in [0.4, 0.5) is 0 Å². The van der Waals surface area contributed by atoms with Crippen molar-refractivity contribution < 1.29 is 9.47 Å². The van der Waals surface area contributed by atoms with Crippen LogP contribution in [0.25, 0.3) is 20.8 Å². The maximum absolute atomic E-state index is 6.00. The molecule has 1 aromatic heterocycles. The van der Waals surface area contributed by atoms with Gasteiger partial charge in [-0.15, -0.1) is 11.3 Å². The van der Waals surface area contributed by atoms with Crippen LogP contribution >= 0.6 is 11.3 Å². The van der Waals surface area contributed by atoms with Gasteiger partial charge in [0.2, 0.25) is 0 Å². The first-order valence-corrected chi connectivity index (χ1v) is 8.86. The van der Waals surface area contributed by atoms with Crippen molar-refractivity contribution in [2.75, 3.05) is 7.11 Å². The van der Waals surface area contributed by atoms with Crippen LogP contribution in [0, 0.1) is 0 Å². The van der Waals surface area contributed by atoms with Crippen molar-refractivity contribution in [2.24, 2.45) is 0 Å². The van der Waals surface area contributed by atoms with E-state index in [9.17, 15) is 0 Å². The van der Waals surface area contributed by atoms with Gasteiger partial charge in [0, 0.05) is 5.56 Å². The number of rotatable bonds is 5. The van der Waals surface area contributed by atoms with Crippen LogP contribution in [0.5, 0.6) is 11.5 Å². The number of nitrogens with zero attached hydrogens (tertiary/aromatic N) is 1. The maximum Gasteiger partial charge on any atom is 0.162 e. The molecule has 124 valence electrons. The van der Waals surface area contributed by atoms with Crippen LogP contribution in [0.3, 0.4) is 0 Å². The predicted molar refractivity (Wildman–Crippen MR) is 102 cm³/mol. The normalized spacial score (nSPS) is 10.8. The summed E-state index contributed by atoms with van der Waals surface area (Å²) in [5.74, 6) is 1.45. The number of benzene rings is 3. The summed E-state index contributed by atoms with van der Waals surface area (Å²) in [5, 5.41) is 0.980. The van der Waals surface area contributed by atoms with E-state index in [1.54, 1.807) is 18.4 Å². The summed E-state index contributed by atoms with van der Waals surface area (Å²) in [5.41, 5.74) is 3.17. The molecule has 3 aromatic carbocycles. The summed E-state index contributed by atoms with van der Waals surface area (Å²) < 4.78 is 12.6. The fourth-order valence-electron chi connectivity index (χ4n) is 2.65. The molecule has 4 heteroatoms. The van der Waals surface area contributed by atoms with Gasteiger partial charge in [0.15, 0.2) is 11.5 Å². The van der Waals surface area contributed by atoms with Crippen LogP contribution in [0.1, 0.15) is 5.56 Å². The highest BCUT2D eigenvalue weighted by Gasteiger charge is 2.11. The second kappa shape index (κ2) is 6.95. The number of hydrogen-bond acceptors (Lipinski definition) is 4. The largest absolute Gasteiger partial charge is 0.493 e. The zero-order valence-corrected chi connectivity index (χ0v) is 14.6. The molecule has 0 N–H and O–H groups in total. The Balaban J connectivity index is 1.65. The molecular formula is C21H17NO2S. The molecular weight excluding hydrogens is 330 g/mol. The zero-order chi connectivity index (χ0) is 17.1. The van der Waals surface area contributed by atoms with Gasteiger partial charge in [0.25, 0.3) is 0 Å². The maximum atomic E-state index is 6.00. The third kappa shape index (κ3) is 3.35. The molecule has 0 spiro atoms. The molecule has 1 heterocycles. The molecule has 25 heavy (non-hydrogen) atoms. The first-order chi connectivity index (χ1) is 12.3. The lowest BCUT2D eigenvalue weighted by Gasteiger charge is -2.12. The average molecular weight is 347 g/mol. The molecule has 0 unspecified atom stereocenters. The van der Waals surface area contributed by atoms with Gasteiger partial charge in [-0.3, -0.25) is 0 Å². The summed E-state index contributed by atoms with van der Waals surface area (Å²) in [7, 11) is 1.65. The van der Waals surface area contributed by atoms with Crippen LogP contribution in [-0.2, 0) is 6.61 Å². The van der Waals surface area contributed by atoms with Crippen molar-refractivity contribution in [3.05, 3.63) is 78.4 Å². The van der Waals surface area contributed by atoms with Crippen molar-refractivity contribution in [1.29, 1.82) is 0 Å². The van der Waals surface area contributed by atoms with E-state index in [1.165, 1.54) is 4.70 Å². The van der Waals surface area contributed by atoms with Crippen LogP contribution in [-0.4, -0.2) is 12.1 Å². The first kappa shape index (κ1) is 15.7. The molecule has 0 aliphatic rings. The molecule has 0 fully saturated rings. The van der Waals surface area contributed by atoms with E-state index in [2.05, 4.69) is 6.07 Å². The summed E-state index contributed by atoms with van der Waals surface area (Å²) in [6.07, 6.45) is 0. The van der Waals surface area contributed by atoms with E-state index < -0.39 is 0 Å². The van der Waals surface area contributed by atoms with Gasteiger partial charge >= 0.3 is 0 Å². The molecule has 0 saturated heterocycles. The number of hydrogen-bond donors (Lipinski definition) is 0.